The van der Waals surface area contributed by atoms with Crippen LogP contribution in [0.2, 0.25) is 0 Å². The summed E-state index contributed by atoms with van der Waals surface area (Å²) in [4.78, 5) is 0. The summed E-state index contributed by atoms with van der Waals surface area (Å²) in [7, 11) is 0. The molecule has 6 aromatic carbocycles. The molecule has 338 valence electrons. The number of thioether (sulfide) groups is 1. The fraction of sp³-hybridized carbons (Fsp3) is 0.288. The van der Waals surface area contributed by atoms with Gasteiger partial charge in [-0.15, -0.1) is 18.2 Å². The number of allylic oxidation sites excluding steroid dienone is 4. The summed E-state index contributed by atoms with van der Waals surface area (Å²) in [6, 6.07) is 55.8. The molecule has 6 atom stereocenters. The van der Waals surface area contributed by atoms with E-state index in [4.69, 9.17) is 34.8 Å². The first-order valence-corrected chi connectivity index (χ1v) is 24.1. The zero-order valence-electron chi connectivity index (χ0n) is 38.0. The van der Waals surface area contributed by atoms with Crippen LogP contribution in [0.5, 0.6) is 11.5 Å². The molecule has 0 spiro atoms. The molecule has 0 saturated carbocycles. The van der Waals surface area contributed by atoms with E-state index in [0.717, 1.165) is 62.6 Å². The van der Waals surface area contributed by atoms with Crippen molar-refractivity contribution in [2.45, 2.75) is 82.4 Å². The Morgan fingerprint density at radius 1 is 0.576 bits per heavy atom. The van der Waals surface area contributed by atoms with Crippen LogP contribution in [0.3, 0.4) is 0 Å². The van der Waals surface area contributed by atoms with Gasteiger partial charge in [-0.1, -0.05) is 176 Å². The van der Waals surface area contributed by atoms with Crippen molar-refractivity contribution in [2.24, 2.45) is 11.8 Å². The highest BCUT2D eigenvalue weighted by Gasteiger charge is 2.48. The largest absolute Gasteiger partial charge is 0.498 e. The predicted molar refractivity (Wildman–Crippen MR) is 266 cm³/mol. The molecule has 6 nitrogen and oxygen atoms in total. The van der Waals surface area contributed by atoms with Gasteiger partial charge >= 0.3 is 0 Å². The summed E-state index contributed by atoms with van der Waals surface area (Å²) in [5.41, 5.74) is 8.77. The van der Waals surface area contributed by atoms with Gasteiger partial charge in [0.05, 0.1) is 61.3 Å². The minimum absolute atomic E-state index is 0.157. The van der Waals surface area contributed by atoms with Crippen LogP contribution >= 0.6 is 11.8 Å². The molecule has 1 fully saturated rings. The standard InChI is InChI=1S/C59H60O6S/c1-4-52-57(64-40-47-27-17-9-18-28-47)58(65-41-48-29-19-10-20-30-48)56(42-60-37-44-21-11-6-12-22-44)66-59(52)53-35-50(34-49-31-32-51(61-5-2)33-43(49)3)54(62-38-45-23-13-7-14-24-45)36-55(53)63-39-46-25-15-8-16-26-46/h1,6-32,35-36,43,52,56-59H,5,33-34,37-42H2,2-3H3/t43?,52?,56-,57-,58-,59-/m1/s1. The molecule has 0 amide bonds. The minimum atomic E-state index is -0.488. The molecular formula is C59H60O6S. The van der Waals surface area contributed by atoms with Gasteiger partial charge in [-0.25, -0.2) is 0 Å². The van der Waals surface area contributed by atoms with Crippen molar-refractivity contribution < 1.29 is 28.4 Å². The van der Waals surface area contributed by atoms with Crippen LogP contribution in [0, 0.1) is 24.2 Å². The highest BCUT2D eigenvalue weighted by atomic mass is 32.2. The van der Waals surface area contributed by atoms with Gasteiger partial charge in [-0.05, 0) is 64.8 Å². The lowest BCUT2D eigenvalue weighted by molar-refractivity contribution is -0.112. The highest BCUT2D eigenvalue weighted by Crippen LogP contribution is 2.52. The molecule has 0 N–H and O–H groups in total. The lowest BCUT2D eigenvalue weighted by Crippen LogP contribution is -2.51. The predicted octanol–water partition coefficient (Wildman–Crippen LogP) is 13.1. The summed E-state index contributed by atoms with van der Waals surface area (Å²) in [6.07, 6.45) is 11.8. The maximum absolute atomic E-state index is 7.07. The van der Waals surface area contributed by atoms with Gasteiger partial charge in [-0.3, -0.25) is 0 Å². The quantitative estimate of drug-likeness (QED) is 0.0667. The number of rotatable bonds is 21. The summed E-state index contributed by atoms with van der Waals surface area (Å²) in [6.45, 7) is 7.41. The average Bonchev–Trinajstić information content (AvgIpc) is 3.36. The van der Waals surface area contributed by atoms with E-state index in [9.17, 15) is 0 Å². The fourth-order valence-electron chi connectivity index (χ4n) is 8.65. The van der Waals surface area contributed by atoms with Crippen molar-refractivity contribution in [2.75, 3.05) is 13.2 Å². The second-order valence-electron chi connectivity index (χ2n) is 16.9. The normalized spacial score (nSPS) is 20.4. The van der Waals surface area contributed by atoms with Crippen LogP contribution in [0.15, 0.2) is 187 Å². The molecule has 8 rings (SSSR count). The van der Waals surface area contributed by atoms with Crippen LogP contribution in [-0.4, -0.2) is 30.7 Å². The smallest absolute Gasteiger partial charge is 0.127 e. The monoisotopic (exact) mass is 896 g/mol. The number of ether oxygens (including phenoxy) is 6. The van der Waals surface area contributed by atoms with Gasteiger partial charge in [0.25, 0.3) is 0 Å². The summed E-state index contributed by atoms with van der Waals surface area (Å²) < 4.78 is 40.4. The SMILES string of the molecule is C#CC1[C@@H](OCc2ccccc2)[C@H](OCc2ccccc2)[C@@H](COCc2ccccc2)S[C@H]1c1cc(CC2=CC=C(OCC)CC2C)c(OCc2ccccc2)cc1OCc1ccccc1. The zero-order valence-corrected chi connectivity index (χ0v) is 38.8. The number of terminal acetylenes is 1. The van der Waals surface area contributed by atoms with Crippen LogP contribution in [0.4, 0.5) is 0 Å². The van der Waals surface area contributed by atoms with E-state index in [0.29, 0.717) is 52.7 Å². The third-order valence-corrected chi connectivity index (χ3v) is 13.8. The molecule has 0 aromatic heterocycles. The highest BCUT2D eigenvalue weighted by molar-refractivity contribution is 8.00. The van der Waals surface area contributed by atoms with Crippen molar-refractivity contribution in [3.8, 4) is 23.8 Å². The number of hydrogen-bond acceptors (Lipinski definition) is 7. The third kappa shape index (κ3) is 12.7. The van der Waals surface area contributed by atoms with E-state index in [2.05, 4.69) is 97.8 Å². The first kappa shape index (κ1) is 46.5. The van der Waals surface area contributed by atoms with Crippen molar-refractivity contribution in [1.82, 2.24) is 0 Å². The van der Waals surface area contributed by atoms with Gasteiger partial charge in [-0.2, -0.15) is 0 Å². The van der Waals surface area contributed by atoms with Crippen LogP contribution in [0.1, 0.15) is 64.5 Å². The van der Waals surface area contributed by atoms with Gasteiger partial charge in [0.15, 0.2) is 0 Å². The van der Waals surface area contributed by atoms with Crippen molar-refractivity contribution in [3.05, 3.63) is 226 Å². The van der Waals surface area contributed by atoms with E-state index >= 15 is 0 Å². The van der Waals surface area contributed by atoms with Crippen molar-refractivity contribution in [1.29, 1.82) is 0 Å². The van der Waals surface area contributed by atoms with Crippen molar-refractivity contribution >= 4 is 11.8 Å². The van der Waals surface area contributed by atoms with E-state index in [1.165, 1.54) is 5.57 Å². The summed E-state index contributed by atoms with van der Waals surface area (Å²) in [5, 5.41) is -0.414. The van der Waals surface area contributed by atoms with E-state index in [1.807, 2.05) is 97.9 Å². The van der Waals surface area contributed by atoms with E-state index in [-0.39, 0.29) is 16.4 Å². The molecule has 66 heavy (non-hydrogen) atoms. The molecule has 2 unspecified atom stereocenters. The topological polar surface area (TPSA) is 55.4 Å². The molecular weight excluding hydrogens is 837 g/mol. The van der Waals surface area contributed by atoms with Crippen LogP contribution < -0.4 is 9.47 Å². The first-order chi connectivity index (χ1) is 32.5. The molecule has 0 radical (unpaired) electrons. The minimum Gasteiger partial charge on any atom is -0.498 e. The maximum Gasteiger partial charge on any atom is 0.127 e. The Kier molecular flexibility index (Phi) is 16.9. The van der Waals surface area contributed by atoms with Crippen LogP contribution in [-0.2, 0) is 58.4 Å². The summed E-state index contributed by atoms with van der Waals surface area (Å²) >= 11 is 1.80. The maximum atomic E-state index is 7.07. The Morgan fingerprint density at radius 3 is 1.59 bits per heavy atom. The Balaban J connectivity index is 1.22. The lowest BCUT2D eigenvalue weighted by Gasteiger charge is -2.45. The van der Waals surface area contributed by atoms with Crippen LogP contribution in [0.25, 0.3) is 0 Å². The molecule has 0 bridgehead atoms. The molecule has 2 aliphatic rings. The molecule has 1 saturated heterocycles. The van der Waals surface area contributed by atoms with E-state index < -0.39 is 18.1 Å². The summed E-state index contributed by atoms with van der Waals surface area (Å²) in [5.74, 6) is 5.66. The second kappa shape index (κ2) is 24.0. The third-order valence-electron chi connectivity index (χ3n) is 12.2. The van der Waals surface area contributed by atoms with Gasteiger partial charge in [0.2, 0.25) is 0 Å². The molecule has 1 heterocycles. The Labute approximate surface area is 396 Å². The Hall–Kier alpha value is -6.01. The fourth-order valence-corrected chi connectivity index (χ4v) is 10.3. The van der Waals surface area contributed by atoms with Gasteiger partial charge in [0, 0.05) is 18.1 Å². The Morgan fingerprint density at radius 2 is 1.08 bits per heavy atom. The Bertz CT molecular complexity index is 2500. The number of benzene rings is 6. The van der Waals surface area contributed by atoms with Crippen molar-refractivity contribution in [3.63, 3.8) is 0 Å². The molecule has 6 aromatic rings. The lowest BCUT2D eigenvalue weighted by atomic mass is 9.85. The second-order valence-corrected chi connectivity index (χ2v) is 18.3. The first-order valence-electron chi connectivity index (χ1n) is 23.1. The molecule has 1 aliphatic heterocycles. The zero-order chi connectivity index (χ0) is 45.3. The van der Waals surface area contributed by atoms with Gasteiger partial charge < -0.3 is 28.4 Å². The average molecular weight is 897 g/mol. The molecule has 7 heteroatoms. The molecule has 1 aliphatic carbocycles. The number of hydrogen-bond donors (Lipinski definition) is 0. The van der Waals surface area contributed by atoms with E-state index in [1.54, 1.807) is 11.8 Å². The van der Waals surface area contributed by atoms with Gasteiger partial charge in [0.1, 0.15) is 30.8 Å².